The Morgan fingerprint density at radius 2 is 2.38 bits per heavy atom. The molecule has 0 amide bonds. The minimum absolute atomic E-state index is 0.109. The van der Waals surface area contributed by atoms with E-state index in [0.29, 0.717) is 10.9 Å². The summed E-state index contributed by atoms with van der Waals surface area (Å²) in [7, 11) is 0. The zero-order valence-electron chi connectivity index (χ0n) is 8.73. The Balaban J connectivity index is 2.17. The summed E-state index contributed by atoms with van der Waals surface area (Å²) in [5.74, 6) is 0.737. The van der Waals surface area contributed by atoms with Gasteiger partial charge in [0, 0.05) is 12.4 Å². The van der Waals surface area contributed by atoms with Crippen LogP contribution in [-0.4, -0.2) is 21.5 Å². The number of hydrogen-bond acceptors (Lipinski definition) is 4. The van der Waals surface area contributed by atoms with E-state index in [2.05, 4.69) is 20.3 Å². The summed E-state index contributed by atoms with van der Waals surface area (Å²) in [6.07, 6.45) is 5.36. The Hall–Kier alpha value is -1.75. The maximum atomic E-state index is 11.8. The molecular weight excluding hydrogens is 204 g/mol. The van der Waals surface area contributed by atoms with Crippen LogP contribution in [0, 0.1) is 0 Å². The largest absolute Gasteiger partial charge is 0.309 e. The van der Waals surface area contributed by atoms with Gasteiger partial charge in [0.15, 0.2) is 0 Å². The van der Waals surface area contributed by atoms with E-state index in [-0.39, 0.29) is 11.6 Å². The fourth-order valence-corrected chi connectivity index (χ4v) is 2.08. The van der Waals surface area contributed by atoms with Crippen molar-refractivity contribution >= 4 is 10.9 Å². The van der Waals surface area contributed by atoms with Crippen molar-refractivity contribution in [3.05, 3.63) is 34.6 Å². The molecule has 0 bridgehead atoms. The normalized spacial score (nSPS) is 20.4. The molecule has 1 aliphatic heterocycles. The number of nitrogens with one attached hydrogen (secondary N) is 2. The standard InChI is InChI=1S/C11H12N4O/c16-11-7-6-12-5-3-8(7)14-10(15-11)9-2-1-4-13-9/h3,5-6,9,13H,1-2,4H2,(H,14,15,16). The number of pyridine rings is 1. The van der Waals surface area contributed by atoms with Crippen molar-refractivity contribution in [3.63, 3.8) is 0 Å². The van der Waals surface area contributed by atoms with Crippen molar-refractivity contribution in [2.45, 2.75) is 18.9 Å². The highest BCUT2D eigenvalue weighted by molar-refractivity contribution is 5.75. The fraction of sp³-hybridized carbons (Fsp3) is 0.364. The smallest absolute Gasteiger partial charge is 0.260 e. The predicted octanol–water partition coefficient (Wildman–Crippen LogP) is 0.743. The lowest BCUT2D eigenvalue weighted by atomic mass is 10.2. The van der Waals surface area contributed by atoms with Gasteiger partial charge in [-0.05, 0) is 25.5 Å². The van der Waals surface area contributed by atoms with Gasteiger partial charge < -0.3 is 10.3 Å². The van der Waals surface area contributed by atoms with Crippen LogP contribution in [0.2, 0.25) is 0 Å². The average Bonchev–Trinajstić information content (AvgIpc) is 2.82. The SMILES string of the molecule is O=c1[nH]c(C2CCCN2)nc2ccncc12. The summed E-state index contributed by atoms with van der Waals surface area (Å²) >= 11 is 0. The number of nitrogens with zero attached hydrogens (tertiary/aromatic N) is 2. The van der Waals surface area contributed by atoms with Gasteiger partial charge in [0.05, 0.1) is 16.9 Å². The van der Waals surface area contributed by atoms with Gasteiger partial charge in [-0.2, -0.15) is 0 Å². The summed E-state index contributed by atoms with van der Waals surface area (Å²) < 4.78 is 0. The van der Waals surface area contributed by atoms with Crippen LogP contribution in [0.4, 0.5) is 0 Å². The molecule has 1 atom stereocenters. The van der Waals surface area contributed by atoms with Crippen LogP contribution in [0.5, 0.6) is 0 Å². The minimum Gasteiger partial charge on any atom is -0.309 e. The first kappa shape index (κ1) is 9.47. The van der Waals surface area contributed by atoms with Crippen molar-refractivity contribution in [3.8, 4) is 0 Å². The van der Waals surface area contributed by atoms with Crippen LogP contribution >= 0.6 is 0 Å². The molecule has 5 heteroatoms. The third-order valence-electron chi connectivity index (χ3n) is 2.92. The molecule has 2 aromatic heterocycles. The maximum Gasteiger partial charge on any atom is 0.260 e. The average molecular weight is 216 g/mol. The lowest BCUT2D eigenvalue weighted by Gasteiger charge is -2.09. The number of fused-ring (bicyclic) bond motifs is 1. The number of rotatable bonds is 1. The predicted molar refractivity (Wildman–Crippen MR) is 60.1 cm³/mol. The molecule has 1 unspecified atom stereocenters. The van der Waals surface area contributed by atoms with Crippen LogP contribution in [0.1, 0.15) is 24.7 Å². The van der Waals surface area contributed by atoms with Gasteiger partial charge in [0.25, 0.3) is 5.56 Å². The van der Waals surface area contributed by atoms with Crippen LogP contribution in [0.3, 0.4) is 0 Å². The first-order valence-corrected chi connectivity index (χ1v) is 5.42. The van der Waals surface area contributed by atoms with E-state index in [0.717, 1.165) is 25.2 Å². The van der Waals surface area contributed by atoms with Gasteiger partial charge in [0.1, 0.15) is 5.82 Å². The maximum absolute atomic E-state index is 11.8. The monoisotopic (exact) mass is 216 g/mol. The van der Waals surface area contributed by atoms with Gasteiger partial charge in [-0.3, -0.25) is 9.78 Å². The summed E-state index contributed by atoms with van der Waals surface area (Å²) in [6, 6.07) is 1.95. The highest BCUT2D eigenvalue weighted by Crippen LogP contribution is 2.19. The van der Waals surface area contributed by atoms with Gasteiger partial charge in [-0.15, -0.1) is 0 Å². The summed E-state index contributed by atoms with van der Waals surface area (Å²) in [6.45, 7) is 0.989. The first-order valence-electron chi connectivity index (χ1n) is 5.42. The molecule has 3 heterocycles. The molecule has 1 saturated heterocycles. The van der Waals surface area contributed by atoms with Crippen LogP contribution in [-0.2, 0) is 0 Å². The minimum atomic E-state index is -0.109. The Labute approximate surface area is 91.9 Å². The third kappa shape index (κ3) is 1.49. The highest BCUT2D eigenvalue weighted by Gasteiger charge is 2.19. The molecule has 2 aromatic rings. The summed E-state index contributed by atoms with van der Waals surface area (Å²) in [5.41, 5.74) is 0.601. The summed E-state index contributed by atoms with van der Waals surface area (Å²) in [5, 5.41) is 3.86. The van der Waals surface area contributed by atoms with Crippen LogP contribution in [0.25, 0.3) is 10.9 Å². The lowest BCUT2D eigenvalue weighted by Crippen LogP contribution is -2.20. The molecule has 0 radical (unpaired) electrons. The molecular formula is C11H12N4O. The second kappa shape index (κ2) is 3.68. The number of hydrogen-bond donors (Lipinski definition) is 2. The zero-order chi connectivity index (χ0) is 11.0. The third-order valence-corrected chi connectivity index (χ3v) is 2.92. The quantitative estimate of drug-likeness (QED) is 0.737. The van der Waals surface area contributed by atoms with E-state index < -0.39 is 0 Å². The second-order valence-corrected chi connectivity index (χ2v) is 3.99. The van der Waals surface area contributed by atoms with E-state index in [4.69, 9.17) is 0 Å². The Kier molecular flexibility index (Phi) is 2.18. The Morgan fingerprint density at radius 3 is 3.19 bits per heavy atom. The molecule has 16 heavy (non-hydrogen) atoms. The topological polar surface area (TPSA) is 70.7 Å². The molecule has 82 valence electrons. The highest BCUT2D eigenvalue weighted by atomic mass is 16.1. The van der Waals surface area contributed by atoms with E-state index in [1.807, 2.05) is 0 Å². The van der Waals surface area contributed by atoms with Gasteiger partial charge in [-0.25, -0.2) is 4.98 Å². The first-order chi connectivity index (χ1) is 7.84. The molecule has 2 N–H and O–H groups in total. The van der Waals surface area contributed by atoms with E-state index >= 15 is 0 Å². The van der Waals surface area contributed by atoms with Gasteiger partial charge >= 0.3 is 0 Å². The zero-order valence-corrected chi connectivity index (χ0v) is 8.73. The van der Waals surface area contributed by atoms with Crippen molar-refractivity contribution in [1.82, 2.24) is 20.3 Å². The van der Waals surface area contributed by atoms with Crippen LogP contribution < -0.4 is 10.9 Å². The molecule has 0 spiro atoms. The molecule has 3 rings (SSSR count). The van der Waals surface area contributed by atoms with Crippen molar-refractivity contribution in [1.29, 1.82) is 0 Å². The van der Waals surface area contributed by atoms with Crippen molar-refractivity contribution in [2.24, 2.45) is 0 Å². The van der Waals surface area contributed by atoms with E-state index in [9.17, 15) is 4.79 Å². The lowest BCUT2D eigenvalue weighted by molar-refractivity contribution is 0.606. The number of aromatic amines is 1. The van der Waals surface area contributed by atoms with Gasteiger partial charge in [-0.1, -0.05) is 0 Å². The van der Waals surface area contributed by atoms with E-state index in [1.54, 1.807) is 18.5 Å². The summed E-state index contributed by atoms with van der Waals surface area (Å²) in [4.78, 5) is 23.0. The second-order valence-electron chi connectivity index (χ2n) is 3.99. The van der Waals surface area contributed by atoms with Crippen molar-refractivity contribution < 1.29 is 0 Å². The molecule has 0 aliphatic carbocycles. The molecule has 1 aliphatic rings. The van der Waals surface area contributed by atoms with E-state index in [1.165, 1.54) is 0 Å². The van der Waals surface area contributed by atoms with Crippen molar-refractivity contribution in [2.75, 3.05) is 6.54 Å². The molecule has 5 nitrogen and oxygen atoms in total. The number of aromatic nitrogens is 3. The van der Waals surface area contributed by atoms with Gasteiger partial charge in [0.2, 0.25) is 0 Å². The molecule has 0 saturated carbocycles. The molecule has 1 fully saturated rings. The Morgan fingerprint density at radius 1 is 1.44 bits per heavy atom. The fourth-order valence-electron chi connectivity index (χ4n) is 2.08. The molecule has 0 aromatic carbocycles. The van der Waals surface area contributed by atoms with Crippen LogP contribution in [0.15, 0.2) is 23.3 Å². The Bertz CT molecular complexity index is 571. The number of H-pyrrole nitrogens is 1.